The van der Waals surface area contributed by atoms with Gasteiger partial charge in [-0.15, -0.1) is 0 Å². The molecular weight excluding hydrogens is 282 g/mol. The summed E-state index contributed by atoms with van der Waals surface area (Å²) in [6.07, 6.45) is 13.5. The standard InChI is InChI=1S/C20H31N3/c1-13-11-14-6-7-15-16-5-4-9-19(16,2)10-8-17(15)20(14,3)12-18(13)22-23-21/h11,14-18H,4-10,12H2,1-3H3/t14-,15-,16-,17-,18-,19-,20-/m0/s1. The Labute approximate surface area is 140 Å². The van der Waals surface area contributed by atoms with Crippen molar-refractivity contribution in [3.05, 3.63) is 22.1 Å². The van der Waals surface area contributed by atoms with Crippen LogP contribution in [0.1, 0.15) is 72.1 Å². The third kappa shape index (κ3) is 2.19. The molecule has 0 aromatic rings. The molecule has 0 heterocycles. The molecule has 3 nitrogen and oxygen atoms in total. The molecule has 0 N–H and O–H groups in total. The van der Waals surface area contributed by atoms with E-state index in [1.165, 1.54) is 50.5 Å². The van der Waals surface area contributed by atoms with Crippen LogP contribution < -0.4 is 0 Å². The van der Waals surface area contributed by atoms with Crippen molar-refractivity contribution in [1.82, 2.24) is 0 Å². The van der Waals surface area contributed by atoms with E-state index in [2.05, 4.69) is 36.9 Å². The first-order valence-corrected chi connectivity index (χ1v) is 9.70. The molecule has 0 radical (unpaired) electrons. The normalized spacial score (nSPS) is 51.8. The smallest absolute Gasteiger partial charge is 0.0587 e. The summed E-state index contributed by atoms with van der Waals surface area (Å²) < 4.78 is 0. The minimum Gasteiger partial charge on any atom is -0.0863 e. The molecular formula is C20H31N3. The van der Waals surface area contributed by atoms with E-state index in [1.54, 1.807) is 0 Å². The number of rotatable bonds is 1. The molecule has 0 aromatic heterocycles. The lowest BCUT2D eigenvalue weighted by molar-refractivity contribution is -0.0834. The summed E-state index contributed by atoms with van der Waals surface area (Å²) in [4.78, 5) is 3.13. The fourth-order valence-electron chi connectivity index (χ4n) is 7.26. The molecule has 4 aliphatic rings. The summed E-state index contributed by atoms with van der Waals surface area (Å²) in [6.45, 7) is 7.26. The Morgan fingerprint density at radius 2 is 1.96 bits per heavy atom. The molecule has 126 valence electrons. The predicted molar refractivity (Wildman–Crippen MR) is 93.8 cm³/mol. The van der Waals surface area contributed by atoms with Crippen LogP contribution in [0.15, 0.2) is 16.8 Å². The summed E-state index contributed by atoms with van der Waals surface area (Å²) in [6, 6.07) is 0.0943. The van der Waals surface area contributed by atoms with Crippen LogP contribution in [0.4, 0.5) is 0 Å². The highest BCUT2D eigenvalue weighted by molar-refractivity contribution is 5.21. The molecule has 0 bridgehead atoms. The van der Waals surface area contributed by atoms with Gasteiger partial charge in [-0.1, -0.05) is 37.0 Å². The summed E-state index contributed by atoms with van der Waals surface area (Å²) in [5.41, 5.74) is 11.2. The van der Waals surface area contributed by atoms with Crippen LogP contribution in [0.2, 0.25) is 0 Å². The van der Waals surface area contributed by atoms with E-state index in [9.17, 15) is 0 Å². The van der Waals surface area contributed by atoms with Crippen LogP contribution in [0, 0.1) is 34.5 Å². The number of azide groups is 1. The monoisotopic (exact) mass is 313 g/mol. The maximum Gasteiger partial charge on any atom is 0.0587 e. The molecule has 0 aromatic carbocycles. The number of allylic oxidation sites excluding steroid dienone is 1. The molecule has 0 aliphatic heterocycles. The van der Waals surface area contributed by atoms with Crippen LogP contribution in [0.5, 0.6) is 0 Å². The summed E-state index contributed by atoms with van der Waals surface area (Å²) in [5.74, 6) is 3.44. The highest BCUT2D eigenvalue weighted by Crippen LogP contribution is 2.65. The molecule has 4 rings (SSSR count). The highest BCUT2D eigenvalue weighted by Gasteiger charge is 2.57. The van der Waals surface area contributed by atoms with Gasteiger partial charge in [-0.3, -0.25) is 0 Å². The molecule has 0 spiro atoms. The van der Waals surface area contributed by atoms with Crippen molar-refractivity contribution in [2.24, 2.45) is 39.6 Å². The van der Waals surface area contributed by atoms with E-state index >= 15 is 0 Å². The van der Waals surface area contributed by atoms with E-state index in [0.29, 0.717) is 16.7 Å². The fraction of sp³-hybridized carbons (Fsp3) is 0.900. The Kier molecular flexibility index (Phi) is 3.57. The minimum atomic E-state index is 0.0943. The Morgan fingerprint density at radius 3 is 2.74 bits per heavy atom. The number of nitrogens with zero attached hydrogens (tertiary/aromatic N) is 3. The maximum atomic E-state index is 8.94. The zero-order valence-electron chi connectivity index (χ0n) is 15.0. The van der Waals surface area contributed by atoms with Crippen LogP contribution >= 0.6 is 0 Å². The van der Waals surface area contributed by atoms with Gasteiger partial charge in [0.15, 0.2) is 0 Å². The Bertz CT molecular complexity index is 575. The first kappa shape index (κ1) is 15.6. The molecule has 3 fully saturated rings. The van der Waals surface area contributed by atoms with Crippen molar-refractivity contribution in [2.45, 2.75) is 78.2 Å². The van der Waals surface area contributed by atoms with E-state index in [-0.39, 0.29) is 6.04 Å². The highest BCUT2D eigenvalue weighted by atomic mass is 15.1. The topological polar surface area (TPSA) is 48.8 Å². The zero-order chi connectivity index (χ0) is 16.2. The first-order valence-electron chi connectivity index (χ1n) is 9.70. The van der Waals surface area contributed by atoms with Gasteiger partial charge in [0.2, 0.25) is 0 Å². The van der Waals surface area contributed by atoms with E-state index < -0.39 is 0 Å². The second-order valence-corrected chi connectivity index (χ2v) is 9.49. The summed E-state index contributed by atoms with van der Waals surface area (Å²) in [5, 5.41) is 4.13. The summed E-state index contributed by atoms with van der Waals surface area (Å²) in [7, 11) is 0. The molecule has 23 heavy (non-hydrogen) atoms. The van der Waals surface area contributed by atoms with E-state index in [4.69, 9.17) is 5.53 Å². The molecule has 7 atom stereocenters. The van der Waals surface area contributed by atoms with E-state index in [0.717, 1.165) is 24.2 Å². The molecule has 3 saturated carbocycles. The van der Waals surface area contributed by atoms with Crippen molar-refractivity contribution in [1.29, 1.82) is 0 Å². The van der Waals surface area contributed by atoms with Gasteiger partial charge in [0.05, 0.1) is 6.04 Å². The van der Waals surface area contributed by atoms with Crippen LogP contribution in [-0.4, -0.2) is 6.04 Å². The second-order valence-electron chi connectivity index (χ2n) is 9.49. The quantitative estimate of drug-likeness (QED) is 0.237. The van der Waals surface area contributed by atoms with Gasteiger partial charge in [-0.2, -0.15) is 0 Å². The molecule has 0 amide bonds. The number of fused-ring (bicyclic) bond motifs is 5. The lowest BCUT2D eigenvalue weighted by Gasteiger charge is -2.59. The van der Waals surface area contributed by atoms with Gasteiger partial charge in [-0.05, 0) is 91.9 Å². The third-order valence-electron chi connectivity index (χ3n) is 8.54. The van der Waals surface area contributed by atoms with Crippen molar-refractivity contribution in [2.75, 3.05) is 0 Å². The third-order valence-corrected chi connectivity index (χ3v) is 8.54. The zero-order valence-corrected chi connectivity index (χ0v) is 15.0. The fourth-order valence-corrected chi connectivity index (χ4v) is 7.26. The first-order chi connectivity index (χ1) is 11.0. The lowest BCUT2D eigenvalue weighted by atomic mass is 9.45. The van der Waals surface area contributed by atoms with Crippen molar-refractivity contribution < 1.29 is 0 Å². The van der Waals surface area contributed by atoms with Crippen molar-refractivity contribution in [3.63, 3.8) is 0 Å². The Morgan fingerprint density at radius 1 is 1.13 bits per heavy atom. The Hall–Kier alpha value is -0.950. The van der Waals surface area contributed by atoms with Gasteiger partial charge in [0.1, 0.15) is 0 Å². The molecule has 4 aliphatic carbocycles. The average molecular weight is 313 g/mol. The van der Waals surface area contributed by atoms with Gasteiger partial charge < -0.3 is 0 Å². The van der Waals surface area contributed by atoms with Crippen molar-refractivity contribution in [3.8, 4) is 0 Å². The van der Waals surface area contributed by atoms with Gasteiger partial charge in [-0.25, -0.2) is 0 Å². The van der Waals surface area contributed by atoms with Gasteiger partial charge >= 0.3 is 0 Å². The van der Waals surface area contributed by atoms with Crippen LogP contribution in [-0.2, 0) is 0 Å². The van der Waals surface area contributed by atoms with Gasteiger partial charge in [0, 0.05) is 4.91 Å². The largest absolute Gasteiger partial charge is 0.0863 e. The minimum absolute atomic E-state index is 0.0943. The number of hydrogen-bond donors (Lipinski definition) is 0. The second kappa shape index (κ2) is 5.28. The molecule has 0 saturated heterocycles. The Balaban J connectivity index is 1.67. The summed E-state index contributed by atoms with van der Waals surface area (Å²) >= 11 is 0. The van der Waals surface area contributed by atoms with Crippen LogP contribution in [0.3, 0.4) is 0 Å². The van der Waals surface area contributed by atoms with Crippen molar-refractivity contribution >= 4 is 0 Å². The molecule has 0 unspecified atom stereocenters. The van der Waals surface area contributed by atoms with E-state index in [1.807, 2.05) is 0 Å². The maximum absolute atomic E-state index is 8.94. The lowest BCUT2D eigenvalue weighted by Crippen LogP contribution is -2.52. The SMILES string of the molecule is CC1=C[C@@H]2CC[C@H]3[C@@H]4CCC[C@@]4(C)CC[C@@H]3[C@@]2(C)C[C@@H]1N=[N+]=[N-]. The molecule has 3 heteroatoms. The number of hydrogen-bond acceptors (Lipinski definition) is 1. The van der Waals surface area contributed by atoms with Crippen LogP contribution in [0.25, 0.3) is 10.4 Å². The van der Waals surface area contributed by atoms with Gasteiger partial charge in [0.25, 0.3) is 0 Å². The average Bonchev–Trinajstić information content (AvgIpc) is 2.91. The predicted octanol–water partition coefficient (Wildman–Crippen LogP) is 6.26.